The average molecular weight is 555 g/mol. The first kappa shape index (κ1) is 39.4. The lowest BCUT2D eigenvalue weighted by Crippen LogP contribution is -2.51. The molecule has 2 atom stereocenters. The number of hydrogen-bond acceptors (Lipinski definition) is 7. The number of ether oxygens (including phenoxy) is 1. The van der Waals surface area contributed by atoms with Crippen molar-refractivity contribution in [1.29, 1.82) is 0 Å². The molecule has 230 valence electrons. The summed E-state index contributed by atoms with van der Waals surface area (Å²) in [5.74, 6) is 0.921. The Morgan fingerprint density at radius 1 is 0.974 bits per heavy atom. The number of likely N-dealkylation sites (tertiary alicyclic amines) is 2. The Kier molecular flexibility index (Phi) is 24.9. The van der Waals surface area contributed by atoms with Crippen molar-refractivity contribution in [1.82, 2.24) is 9.80 Å². The molecule has 6 N–H and O–H groups in total. The van der Waals surface area contributed by atoms with Crippen LogP contribution >= 0.6 is 0 Å². The number of rotatable bonds is 10. The van der Waals surface area contributed by atoms with Gasteiger partial charge in [0.1, 0.15) is 0 Å². The van der Waals surface area contributed by atoms with Crippen molar-refractivity contribution in [3.63, 3.8) is 0 Å². The number of hydrogen-bond donors (Lipinski definition) is 3. The molecule has 2 aliphatic rings. The van der Waals surface area contributed by atoms with Crippen LogP contribution in [0.3, 0.4) is 0 Å². The predicted octanol–water partition coefficient (Wildman–Crippen LogP) is 5.37. The van der Waals surface area contributed by atoms with Crippen molar-refractivity contribution in [3.05, 3.63) is 0 Å². The number of unbranched alkanes of at least 4 members (excludes halogenated alkanes) is 1. The van der Waals surface area contributed by atoms with E-state index in [9.17, 15) is 13.2 Å². The average Bonchev–Trinajstić information content (AvgIpc) is 2.89. The zero-order chi connectivity index (χ0) is 29.6. The van der Waals surface area contributed by atoms with Gasteiger partial charge >= 0.3 is 6.18 Å². The highest BCUT2D eigenvalue weighted by atomic mass is 19.4. The summed E-state index contributed by atoms with van der Waals surface area (Å²) >= 11 is 0. The van der Waals surface area contributed by atoms with Gasteiger partial charge in [0, 0.05) is 32.1 Å². The summed E-state index contributed by atoms with van der Waals surface area (Å²) in [6, 6.07) is 0.774. The van der Waals surface area contributed by atoms with E-state index in [4.69, 9.17) is 21.9 Å². The molecule has 0 aliphatic carbocycles. The molecular weight excluding hydrogens is 493 g/mol. The van der Waals surface area contributed by atoms with Crippen molar-refractivity contribution >= 4 is 6.72 Å². The normalized spacial score (nSPS) is 19.3. The fraction of sp³-hybridized carbons (Fsp3) is 0.964. The lowest BCUT2D eigenvalue weighted by molar-refractivity contribution is -0.130. The van der Waals surface area contributed by atoms with Crippen LogP contribution in [0.25, 0.3) is 0 Å². The van der Waals surface area contributed by atoms with Gasteiger partial charge in [-0.15, -0.1) is 0 Å². The van der Waals surface area contributed by atoms with E-state index in [-0.39, 0.29) is 12.4 Å². The van der Waals surface area contributed by atoms with Crippen LogP contribution < -0.4 is 17.2 Å². The first-order valence-corrected chi connectivity index (χ1v) is 14.7. The molecule has 2 fully saturated rings. The first-order chi connectivity index (χ1) is 17.9. The van der Waals surface area contributed by atoms with Crippen LogP contribution in [0.15, 0.2) is 4.99 Å². The van der Waals surface area contributed by atoms with Crippen molar-refractivity contribution < 1.29 is 17.9 Å². The summed E-state index contributed by atoms with van der Waals surface area (Å²) in [5, 5.41) is 0. The van der Waals surface area contributed by atoms with Crippen molar-refractivity contribution in [2.75, 3.05) is 39.3 Å². The topological polar surface area (TPSA) is 106 Å². The number of alkyl halides is 3. The van der Waals surface area contributed by atoms with Gasteiger partial charge in [-0.1, -0.05) is 40.5 Å². The number of piperidine rings is 2. The molecule has 10 heteroatoms. The molecule has 0 spiro atoms. The van der Waals surface area contributed by atoms with E-state index in [0.717, 1.165) is 51.4 Å². The molecule has 0 saturated carbocycles. The Balaban J connectivity index is 0. The molecule has 0 aromatic heterocycles. The standard InChI is InChI=1S/C13H26N4.C8H19NO.C4H11N.C3H5F3/c1-11-3-7-16(8-4-11)12-5-9-17(10-6-12)13(14)15-2;1-4-5-8(6-9)10-7(2)3;1-2-3-4-5;1-2-3(4,5)6/h11-13H,2-10,14H2,1H3;7-8H,4-6,9H2,1-3H3;2-5H2,1H3;2H2,1H3. The van der Waals surface area contributed by atoms with E-state index in [1.54, 1.807) is 0 Å². The van der Waals surface area contributed by atoms with Gasteiger partial charge in [0.2, 0.25) is 0 Å². The van der Waals surface area contributed by atoms with Crippen molar-refractivity contribution in [2.24, 2.45) is 28.1 Å². The van der Waals surface area contributed by atoms with E-state index in [1.807, 2.05) is 13.8 Å². The predicted molar refractivity (Wildman–Crippen MR) is 156 cm³/mol. The summed E-state index contributed by atoms with van der Waals surface area (Å²) in [7, 11) is 0. The highest BCUT2D eigenvalue weighted by molar-refractivity contribution is 5.23. The minimum Gasteiger partial charge on any atom is -0.374 e. The fourth-order valence-electron chi connectivity index (χ4n) is 4.18. The Bertz CT molecular complexity index is 521. The van der Waals surface area contributed by atoms with E-state index in [0.29, 0.717) is 12.6 Å². The van der Waals surface area contributed by atoms with Crippen LogP contribution in [-0.4, -0.2) is 86.5 Å². The number of nitrogens with zero attached hydrogens (tertiary/aromatic N) is 3. The smallest absolute Gasteiger partial charge is 0.374 e. The second kappa shape index (κ2) is 24.1. The summed E-state index contributed by atoms with van der Waals surface area (Å²) in [6.07, 6.45) is 5.51. The minimum absolute atomic E-state index is 0.197. The maximum absolute atomic E-state index is 10.8. The Morgan fingerprint density at radius 3 is 1.82 bits per heavy atom. The van der Waals surface area contributed by atoms with Crippen LogP contribution in [0.4, 0.5) is 13.2 Å². The zero-order valence-electron chi connectivity index (χ0n) is 25.3. The third-order valence-electron chi connectivity index (χ3n) is 6.69. The molecular formula is C28H61F3N6O. The SMILES string of the molecule is C=NC(N)N1CCC(N2CCC(C)CC2)CC1.CCC(F)(F)F.CCCC(CN)OC(C)C.CCCCN. The van der Waals surface area contributed by atoms with Crippen LogP contribution in [0.2, 0.25) is 0 Å². The molecule has 7 nitrogen and oxygen atoms in total. The molecule has 2 saturated heterocycles. The fourth-order valence-corrected chi connectivity index (χ4v) is 4.18. The zero-order valence-corrected chi connectivity index (χ0v) is 25.3. The quantitative estimate of drug-likeness (QED) is 0.314. The molecule has 2 unspecified atom stereocenters. The van der Waals surface area contributed by atoms with E-state index in [1.165, 1.54) is 51.6 Å². The monoisotopic (exact) mass is 554 g/mol. The summed E-state index contributed by atoms with van der Waals surface area (Å²) in [5.41, 5.74) is 16.5. The van der Waals surface area contributed by atoms with Gasteiger partial charge in [0.15, 0.2) is 6.29 Å². The van der Waals surface area contributed by atoms with E-state index >= 15 is 0 Å². The second-order valence-electron chi connectivity index (χ2n) is 10.5. The lowest BCUT2D eigenvalue weighted by Gasteiger charge is -2.42. The lowest BCUT2D eigenvalue weighted by atomic mass is 9.95. The molecule has 2 heterocycles. The molecule has 2 rings (SSSR count). The Labute approximate surface area is 232 Å². The molecule has 0 bridgehead atoms. The number of nitrogens with two attached hydrogens (primary N) is 3. The van der Waals surface area contributed by atoms with Crippen LogP contribution in [0.1, 0.15) is 99.3 Å². The van der Waals surface area contributed by atoms with Crippen LogP contribution in [-0.2, 0) is 4.74 Å². The summed E-state index contributed by atoms with van der Waals surface area (Å²) in [4.78, 5) is 8.82. The summed E-state index contributed by atoms with van der Waals surface area (Å²) in [6.45, 7) is 21.5. The molecule has 0 amide bonds. The first-order valence-electron chi connectivity index (χ1n) is 14.7. The van der Waals surface area contributed by atoms with E-state index in [2.05, 4.69) is 42.3 Å². The minimum atomic E-state index is -3.96. The number of aliphatic imine (C=N–C) groups is 1. The molecule has 38 heavy (non-hydrogen) atoms. The second-order valence-corrected chi connectivity index (χ2v) is 10.5. The van der Waals surface area contributed by atoms with E-state index < -0.39 is 12.6 Å². The van der Waals surface area contributed by atoms with Gasteiger partial charge in [0.25, 0.3) is 0 Å². The molecule has 0 aromatic carbocycles. The third-order valence-corrected chi connectivity index (χ3v) is 6.69. The Hall–Kier alpha value is -0.780. The van der Waals surface area contributed by atoms with Gasteiger partial charge in [-0.3, -0.25) is 15.6 Å². The van der Waals surface area contributed by atoms with Gasteiger partial charge < -0.3 is 21.1 Å². The Morgan fingerprint density at radius 2 is 1.50 bits per heavy atom. The van der Waals surface area contributed by atoms with Gasteiger partial charge in [-0.25, -0.2) is 0 Å². The van der Waals surface area contributed by atoms with Crippen molar-refractivity contribution in [2.45, 2.75) is 130 Å². The third kappa shape index (κ3) is 22.1. The van der Waals surface area contributed by atoms with Gasteiger partial charge in [-0.05, 0) is 84.6 Å². The largest absolute Gasteiger partial charge is 0.388 e. The maximum Gasteiger partial charge on any atom is 0.388 e. The molecule has 2 aliphatic heterocycles. The molecule has 0 radical (unpaired) electrons. The van der Waals surface area contributed by atoms with Crippen molar-refractivity contribution in [3.8, 4) is 0 Å². The van der Waals surface area contributed by atoms with Crippen LogP contribution in [0, 0.1) is 5.92 Å². The number of halogens is 3. The highest BCUT2D eigenvalue weighted by Gasteiger charge is 2.28. The summed E-state index contributed by atoms with van der Waals surface area (Å²) < 4.78 is 37.9. The van der Waals surface area contributed by atoms with Crippen LogP contribution in [0.5, 0.6) is 0 Å². The molecule has 0 aromatic rings. The van der Waals surface area contributed by atoms with Gasteiger partial charge in [0.05, 0.1) is 12.2 Å². The van der Waals surface area contributed by atoms with Gasteiger partial charge in [-0.2, -0.15) is 13.2 Å². The maximum atomic E-state index is 10.8. The highest BCUT2D eigenvalue weighted by Crippen LogP contribution is 2.23.